The number of anilines is 1. The van der Waals surface area contributed by atoms with Crippen LogP contribution in [0.1, 0.15) is 19.2 Å². The standard InChI is InChI=1S/C17H21N3O2S/c1-3-23-10-9-14(17(21)22)20-16-11-15(18-12(2)19-16)13-7-5-4-6-8-13/h4-8,11,14H,3,9-10H2,1-2H3,(H,21,22)(H,18,19,20). The third-order valence-corrected chi connectivity index (χ3v) is 4.22. The first-order valence-corrected chi connectivity index (χ1v) is 8.73. The fourth-order valence-electron chi connectivity index (χ4n) is 2.18. The molecule has 0 radical (unpaired) electrons. The van der Waals surface area contributed by atoms with Crippen molar-refractivity contribution >= 4 is 23.5 Å². The molecular formula is C17H21N3O2S. The van der Waals surface area contributed by atoms with E-state index in [9.17, 15) is 9.90 Å². The van der Waals surface area contributed by atoms with Crippen LogP contribution in [-0.2, 0) is 4.79 Å². The molecule has 0 bridgehead atoms. The Labute approximate surface area is 140 Å². The molecule has 0 spiro atoms. The number of nitrogens with one attached hydrogen (secondary N) is 1. The van der Waals surface area contributed by atoms with Crippen molar-refractivity contribution in [2.24, 2.45) is 0 Å². The minimum atomic E-state index is -0.862. The zero-order valence-electron chi connectivity index (χ0n) is 13.3. The molecule has 0 aliphatic carbocycles. The summed E-state index contributed by atoms with van der Waals surface area (Å²) < 4.78 is 0. The van der Waals surface area contributed by atoms with Crippen LogP contribution in [0.25, 0.3) is 11.3 Å². The van der Waals surface area contributed by atoms with Crippen LogP contribution in [0.5, 0.6) is 0 Å². The number of hydrogen-bond donors (Lipinski definition) is 2. The van der Waals surface area contributed by atoms with Gasteiger partial charge in [-0.25, -0.2) is 14.8 Å². The van der Waals surface area contributed by atoms with E-state index in [0.29, 0.717) is 18.1 Å². The largest absolute Gasteiger partial charge is 0.480 e. The van der Waals surface area contributed by atoms with Gasteiger partial charge in [-0.05, 0) is 24.9 Å². The highest BCUT2D eigenvalue weighted by Crippen LogP contribution is 2.20. The monoisotopic (exact) mass is 331 g/mol. The normalized spacial score (nSPS) is 11.9. The zero-order valence-corrected chi connectivity index (χ0v) is 14.1. The Balaban J connectivity index is 2.18. The molecule has 1 heterocycles. The number of hydrogen-bond acceptors (Lipinski definition) is 5. The van der Waals surface area contributed by atoms with Gasteiger partial charge in [0.2, 0.25) is 0 Å². The van der Waals surface area contributed by atoms with Crippen molar-refractivity contribution in [1.29, 1.82) is 0 Å². The van der Waals surface area contributed by atoms with E-state index in [2.05, 4.69) is 22.2 Å². The van der Waals surface area contributed by atoms with Crippen LogP contribution in [0.2, 0.25) is 0 Å². The summed E-state index contributed by atoms with van der Waals surface area (Å²) >= 11 is 1.73. The van der Waals surface area contributed by atoms with Crippen molar-refractivity contribution in [3.63, 3.8) is 0 Å². The van der Waals surface area contributed by atoms with Gasteiger partial charge in [0, 0.05) is 11.6 Å². The average Bonchev–Trinajstić information content (AvgIpc) is 2.54. The quantitative estimate of drug-likeness (QED) is 0.722. The lowest BCUT2D eigenvalue weighted by Crippen LogP contribution is -2.30. The minimum absolute atomic E-state index is 0.547. The predicted octanol–water partition coefficient (Wildman–Crippen LogP) is 3.46. The van der Waals surface area contributed by atoms with Crippen molar-refractivity contribution in [3.05, 3.63) is 42.2 Å². The molecule has 0 aliphatic rings. The van der Waals surface area contributed by atoms with Crippen molar-refractivity contribution in [3.8, 4) is 11.3 Å². The molecule has 5 nitrogen and oxygen atoms in total. The summed E-state index contributed by atoms with van der Waals surface area (Å²) in [5.74, 6) is 2.08. The van der Waals surface area contributed by atoms with Gasteiger partial charge in [0.15, 0.2) is 0 Å². The van der Waals surface area contributed by atoms with Crippen molar-refractivity contribution in [2.45, 2.75) is 26.3 Å². The number of rotatable bonds is 8. The number of thioether (sulfide) groups is 1. The van der Waals surface area contributed by atoms with E-state index in [-0.39, 0.29) is 0 Å². The van der Waals surface area contributed by atoms with Crippen LogP contribution in [0, 0.1) is 6.92 Å². The smallest absolute Gasteiger partial charge is 0.326 e. The first-order chi connectivity index (χ1) is 11.1. The van der Waals surface area contributed by atoms with Crippen molar-refractivity contribution in [2.75, 3.05) is 16.8 Å². The van der Waals surface area contributed by atoms with E-state index in [1.807, 2.05) is 30.3 Å². The molecule has 1 unspecified atom stereocenters. The summed E-state index contributed by atoms with van der Waals surface area (Å²) in [6, 6.07) is 10.9. The lowest BCUT2D eigenvalue weighted by molar-refractivity contribution is -0.137. The zero-order chi connectivity index (χ0) is 16.7. The fraction of sp³-hybridized carbons (Fsp3) is 0.353. The SMILES string of the molecule is CCSCCC(Nc1cc(-c2ccccc2)nc(C)n1)C(=O)O. The molecule has 1 aromatic carbocycles. The highest BCUT2D eigenvalue weighted by Gasteiger charge is 2.18. The van der Waals surface area contributed by atoms with Gasteiger partial charge in [0.05, 0.1) is 5.69 Å². The summed E-state index contributed by atoms with van der Waals surface area (Å²) in [6.45, 7) is 3.87. The van der Waals surface area contributed by atoms with Crippen LogP contribution in [0.4, 0.5) is 5.82 Å². The summed E-state index contributed by atoms with van der Waals surface area (Å²) in [4.78, 5) is 20.2. The van der Waals surface area contributed by atoms with E-state index < -0.39 is 12.0 Å². The average molecular weight is 331 g/mol. The number of benzene rings is 1. The lowest BCUT2D eigenvalue weighted by atomic mass is 10.1. The van der Waals surface area contributed by atoms with Crippen LogP contribution < -0.4 is 5.32 Å². The van der Waals surface area contributed by atoms with Crippen LogP contribution >= 0.6 is 11.8 Å². The second-order valence-corrected chi connectivity index (χ2v) is 6.47. The van der Waals surface area contributed by atoms with E-state index in [1.54, 1.807) is 24.8 Å². The number of nitrogens with zero attached hydrogens (tertiary/aromatic N) is 2. The number of carbonyl (C=O) groups is 1. The van der Waals surface area contributed by atoms with Gasteiger partial charge in [-0.1, -0.05) is 37.3 Å². The Kier molecular flexibility index (Phi) is 6.40. The van der Waals surface area contributed by atoms with Gasteiger partial charge >= 0.3 is 5.97 Å². The second kappa shape index (κ2) is 8.53. The fourth-order valence-corrected chi connectivity index (χ4v) is 2.87. The molecule has 2 N–H and O–H groups in total. The Morgan fingerprint density at radius 3 is 2.70 bits per heavy atom. The van der Waals surface area contributed by atoms with Gasteiger partial charge in [-0.3, -0.25) is 0 Å². The summed E-state index contributed by atoms with van der Waals surface area (Å²) in [7, 11) is 0. The van der Waals surface area contributed by atoms with Crippen LogP contribution in [0.15, 0.2) is 36.4 Å². The number of aryl methyl sites for hydroxylation is 1. The highest BCUT2D eigenvalue weighted by molar-refractivity contribution is 7.99. The summed E-state index contributed by atoms with van der Waals surface area (Å²) in [6.07, 6.45) is 0.553. The molecule has 1 atom stereocenters. The summed E-state index contributed by atoms with van der Waals surface area (Å²) in [5, 5.41) is 12.4. The maximum absolute atomic E-state index is 11.4. The molecular weight excluding hydrogens is 310 g/mol. The first kappa shape index (κ1) is 17.3. The maximum Gasteiger partial charge on any atom is 0.326 e. The third kappa shape index (κ3) is 5.25. The minimum Gasteiger partial charge on any atom is -0.480 e. The number of aromatic nitrogens is 2. The van der Waals surface area contributed by atoms with Gasteiger partial charge in [-0.2, -0.15) is 11.8 Å². The number of carboxylic acids is 1. The van der Waals surface area contributed by atoms with E-state index >= 15 is 0 Å². The van der Waals surface area contributed by atoms with E-state index in [1.165, 1.54) is 0 Å². The first-order valence-electron chi connectivity index (χ1n) is 7.58. The van der Waals surface area contributed by atoms with Gasteiger partial charge in [0.1, 0.15) is 17.7 Å². The molecule has 0 saturated heterocycles. The lowest BCUT2D eigenvalue weighted by Gasteiger charge is -2.15. The third-order valence-electron chi connectivity index (χ3n) is 3.28. The van der Waals surface area contributed by atoms with Gasteiger partial charge in [0.25, 0.3) is 0 Å². The number of carboxylic acid groups (broad SMARTS) is 1. The van der Waals surface area contributed by atoms with Gasteiger partial charge in [-0.15, -0.1) is 0 Å². The van der Waals surface area contributed by atoms with Gasteiger partial charge < -0.3 is 10.4 Å². The molecule has 0 fully saturated rings. The van der Waals surface area contributed by atoms with Crippen LogP contribution in [-0.4, -0.2) is 38.6 Å². The highest BCUT2D eigenvalue weighted by atomic mass is 32.2. The molecule has 0 saturated carbocycles. The molecule has 2 aromatic rings. The molecule has 2 rings (SSSR count). The number of aliphatic carboxylic acids is 1. The topological polar surface area (TPSA) is 75.1 Å². The molecule has 1 aromatic heterocycles. The molecule has 23 heavy (non-hydrogen) atoms. The molecule has 0 amide bonds. The van der Waals surface area contributed by atoms with E-state index in [0.717, 1.165) is 22.8 Å². The Hall–Kier alpha value is -2.08. The summed E-state index contributed by atoms with van der Waals surface area (Å²) in [5.41, 5.74) is 1.77. The molecule has 122 valence electrons. The van der Waals surface area contributed by atoms with Crippen molar-refractivity contribution in [1.82, 2.24) is 9.97 Å². The Bertz CT molecular complexity index is 650. The molecule has 6 heteroatoms. The second-order valence-electron chi connectivity index (χ2n) is 5.07. The Morgan fingerprint density at radius 1 is 1.30 bits per heavy atom. The van der Waals surface area contributed by atoms with E-state index in [4.69, 9.17) is 0 Å². The molecule has 0 aliphatic heterocycles. The van der Waals surface area contributed by atoms with Crippen LogP contribution in [0.3, 0.4) is 0 Å². The predicted molar refractivity (Wildman–Crippen MR) is 94.9 cm³/mol. The Morgan fingerprint density at radius 2 is 2.04 bits per heavy atom. The maximum atomic E-state index is 11.4. The van der Waals surface area contributed by atoms with Crippen molar-refractivity contribution < 1.29 is 9.90 Å².